The molecule has 0 atom stereocenters. The van der Waals surface area contributed by atoms with Gasteiger partial charge in [-0.3, -0.25) is 0 Å². The first-order valence-corrected chi connectivity index (χ1v) is 6.56. The molecule has 1 aromatic rings. The van der Waals surface area contributed by atoms with Gasteiger partial charge in [-0.2, -0.15) is 0 Å². The molecule has 102 valence electrons. The highest BCUT2D eigenvalue weighted by atomic mass is 16.5. The highest BCUT2D eigenvalue weighted by Gasteiger charge is 2.08. The molecule has 1 aliphatic heterocycles. The van der Waals surface area contributed by atoms with Gasteiger partial charge in [0.05, 0.1) is 13.2 Å². The average Bonchev–Trinajstić information content (AvgIpc) is 2.42. The number of nitrogens with one attached hydrogen (secondary N) is 2. The highest BCUT2D eigenvalue weighted by Crippen LogP contribution is 2.19. The van der Waals surface area contributed by atoms with Crippen LogP contribution in [-0.4, -0.2) is 19.2 Å². The summed E-state index contributed by atoms with van der Waals surface area (Å²) in [5.41, 5.74) is 4.23. The molecule has 1 saturated heterocycles. The number of hydrogen-bond acceptors (Lipinski definition) is 2. The Balaban J connectivity index is 1.94. The van der Waals surface area contributed by atoms with Gasteiger partial charge in [0, 0.05) is 11.9 Å². The first-order valence-electron chi connectivity index (χ1n) is 6.56. The molecule has 1 aromatic carbocycles. The summed E-state index contributed by atoms with van der Waals surface area (Å²) < 4.78 is 5.26. The first-order chi connectivity index (χ1) is 9.16. The lowest BCUT2D eigenvalue weighted by atomic mass is 10.1. The predicted molar refractivity (Wildman–Crippen MR) is 76.2 cm³/mol. The Morgan fingerprint density at radius 3 is 2.47 bits per heavy atom. The Morgan fingerprint density at radius 1 is 1.21 bits per heavy atom. The largest absolute Gasteiger partial charge is 0.381 e. The van der Waals surface area contributed by atoms with Crippen LogP contribution in [0.3, 0.4) is 0 Å². The summed E-state index contributed by atoms with van der Waals surface area (Å²) in [6, 6.07) is 5.76. The number of benzene rings is 1. The van der Waals surface area contributed by atoms with Crippen LogP contribution in [0.25, 0.3) is 0 Å². The number of amides is 2. The fourth-order valence-corrected chi connectivity index (χ4v) is 2.11. The van der Waals surface area contributed by atoms with Gasteiger partial charge in [0.1, 0.15) is 0 Å². The molecule has 2 rings (SSSR count). The van der Waals surface area contributed by atoms with Crippen LogP contribution in [-0.2, 0) is 4.74 Å². The highest BCUT2D eigenvalue weighted by molar-refractivity contribution is 5.91. The molecule has 1 aliphatic rings. The maximum absolute atomic E-state index is 11.9. The van der Waals surface area contributed by atoms with Crippen LogP contribution in [0.5, 0.6) is 0 Å². The number of urea groups is 1. The summed E-state index contributed by atoms with van der Waals surface area (Å²) in [4.78, 5) is 11.9. The molecular formula is C15H20N2O2. The second kappa shape index (κ2) is 6.38. The lowest BCUT2D eigenvalue weighted by Gasteiger charge is -2.15. The number of ether oxygens (including phenoxy) is 1. The third kappa shape index (κ3) is 3.83. The van der Waals surface area contributed by atoms with E-state index in [1.54, 1.807) is 6.20 Å². The van der Waals surface area contributed by atoms with Crippen LogP contribution in [0.4, 0.5) is 10.5 Å². The molecule has 0 saturated carbocycles. The topological polar surface area (TPSA) is 50.4 Å². The van der Waals surface area contributed by atoms with Crippen LogP contribution in [0.2, 0.25) is 0 Å². The van der Waals surface area contributed by atoms with E-state index in [1.807, 2.05) is 32.0 Å². The lowest BCUT2D eigenvalue weighted by Crippen LogP contribution is -2.25. The maximum Gasteiger partial charge on any atom is 0.323 e. The number of para-hydroxylation sites is 1. The summed E-state index contributed by atoms with van der Waals surface area (Å²) in [6.45, 7) is 5.46. The van der Waals surface area contributed by atoms with Crippen LogP contribution < -0.4 is 10.6 Å². The normalized spacial score (nSPS) is 14.9. The molecule has 0 aliphatic carbocycles. The van der Waals surface area contributed by atoms with Crippen molar-refractivity contribution in [1.82, 2.24) is 5.32 Å². The molecule has 1 heterocycles. The number of rotatable bonds is 2. The molecule has 1 fully saturated rings. The zero-order valence-electron chi connectivity index (χ0n) is 11.5. The Hall–Kier alpha value is -1.81. The van der Waals surface area contributed by atoms with Crippen LogP contribution in [0, 0.1) is 13.8 Å². The van der Waals surface area contributed by atoms with Crippen molar-refractivity contribution in [2.45, 2.75) is 26.7 Å². The lowest BCUT2D eigenvalue weighted by molar-refractivity contribution is 0.119. The quantitative estimate of drug-likeness (QED) is 0.858. The second-order valence-electron chi connectivity index (χ2n) is 4.78. The standard InChI is InChI=1S/C15H20N2O2/c1-11-4-3-5-12(2)14(11)17-15(18)16-10-13-6-8-19-9-7-13/h3-5,10H,6-9H2,1-2H3,(H2,16,17,18). The van der Waals surface area contributed by atoms with Gasteiger partial charge in [0.15, 0.2) is 0 Å². The molecule has 0 unspecified atom stereocenters. The van der Waals surface area contributed by atoms with Crippen molar-refractivity contribution in [2.75, 3.05) is 18.5 Å². The van der Waals surface area contributed by atoms with Gasteiger partial charge in [-0.15, -0.1) is 0 Å². The maximum atomic E-state index is 11.9. The van der Waals surface area contributed by atoms with Crippen molar-refractivity contribution < 1.29 is 9.53 Å². The van der Waals surface area contributed by atoms with Crippen LogP contribution >= 0.6 is 0 Å². The summed E-state index contributed by atoms with van der Waals surface area (Å²) in [7, 11) is 0. The molecule has 0 spiro atoms. The van der Waals surface area contributed by atoms with Gasteiger partial charge in [0.25, 0.3) is 0 Å². The number of anilines is 1. The monoisotopic (exact) mass is 260 g/mol. The van der Waals surface area contributed by atoms with Crippen molar-refractivity contribution >= 4 is 11.7 Å². The fourth-order valence-electron chi connectivity index (χ4n) is 2.11. The summed E-state index contributed by atoms with van der Waals surface area (Å²) in [5, 5.41) is 5.68. The summed E-state index contributed by atoms with van der Waals surface area (Å²) >= 11 is 0. The molecular weight excluding hydrogens is 240 g/mol. The van der Waals surface area contributed by atoms with Gasteiger partial charge in [-0.05, 0) is 43.4 Å². The Bertz CT molecular complexity index is 467. The van der Waals surface area contributed by atoms with E-state index in [0.29, 0.717) is 0 Å². The molecule has 0 bridgehead atoms. The average molecular weight is 260 g/mol. The molecule has 19 heavy (non-hydrogen) atoms. The van der Waals surface area contributed by atoms with Crippen molar-refractivity contribution in [3.63, 3.8) is 0 Å². The second-order valence-corrected chi connectivity index (χ2v) is 4.78. The first kappa shape index (κ1) is 13.6. The van der Waals surface area contributed by atoms with Gasteiger partial charge in [0.2, 0.25) is 0 Å². The SMILES string of the molecule is Cc1cccc(C)c1NC(=O)NC=C1CCOCC1. The minimum absolute atomic E-state index is 0.198. The van der Waals surface area contributed by atoms with Crippen molar-refractivity contribution in [3.05, 3.63) is 41.1 Å². The molecule has 0 radical (unpaired) electrons. The van der Waals surface area contributed by atoms with Crippen LogP contribution in [0.1, 0.15) is 24.0 Å². The summed E-state index contributed by atoms with van der Waals surface area (Å²) in [5.74, 6) is 0. The Morgan fingerprint density at radius 2 is 1.84 bits per heavy atom. The molecule has 4 nitrogen and oxygen atoms in total. The van der Waals surface area contributed by atoms with Gasteiger partial charge in [-0.25, -0.2) is 4.79 Å². The van der Waals surface area contributed by atoms with E-state index in [4.69, 9.17) is 4.74 Å². The number of hydrogen-bond donors (Lipinski definition) is 2. The van der Waals surface area contributed by atoms with Crippen molar-refractivity contribution in [1.29, 1.82) is 0 Å². The Labute approximate surface area is 113 Å². The Kier molecular flexibility index (Phi) is 4.58. The van der Waals surface area contributed by atoms with E-state index in [1.165, 1.54) is 5.57 Å². The van der Waals surface area contributed by atoms with E-state index in [-0.39, 0.29) is 6.03 Å². The minimum atomic E-state index is -0.198. The summed E-state index contributed by atoms with van der Waals surface area (Å²) in [6.07, 6.45) is 3.58. The molecule has 2 amide bonds. The predicted octanol–water partition coefficient (Wildman–Crippen LogP) is 3.12. The number of aryl methyl sites for hydroxylation is 2. The number of carbonyl (C=O) groups is 1. The minimum Gasteiger partial charge on any atom is -0.381 e. The van der Waals surface area contributed by atoms with Crippen molar-refractivity contribution in [2.24, 2.45) is 0 Å². The molecule has 4 heteroatoms. The molecule has 2 N–H and O–H groups in total. The zero-order chi connectivity index (χ0) is 13.7. The van der Waals surface area contributed by atoms with E-state index < -0.39 is 0 Å². The van der Waals surface area contributed by atoms with E-state index >= 15 is 0 Å². The van der Waals surface area contributed by atoms with E-state index in [0.717, 1.165) is 42.9 Å². The molecule has 0 aromatic heterocycles. The number of carbonyl (C=O) groups excluding carboxylic acids is 1. The van der Waals surface area contributed by atoms with Gasteiger partial charge >= 0.3 is 6.03 Å². The van der Waals surface area contributed by atoms with Crippen LogP contribution in [0.15, 0.2) is 30.0 Å². The van der Waals surface area contributed by atoms with E-state index in [2.05, 4.69) is 10.6 Å². The van der Waals surface area contributed by atoms with Gasteiger partial charge in [-0.1, -0.05) is 18.2 Å². The van der Waals surface area contributed by atoms with E-state index in [9.17, 15) is 4.79 Å². The fraction of sp³-hybridized carbons (Fsp3) is 0.400. The smallest absolute Gasteiger partial charge is 0.323 e. The van der Waals surface area contributed by atoms with Crippen molar-refractivity contribution in [3.8, 4) is 0 Å². The third-order valence-electron chi connectivity index (χ3n) is 3.26. The zero-order valence-corrected chi connectivity index (χ0v) is 11.5. The third-order valence-corrected chi connectivity index (χ3v) is 3.26. The van der Waals surface area contributed by atoms with Gasteiger partial charge < -0.3 is 15.4 Å².